The van der Waals surface area contributed by atoms with E-state index in [2.05, 4.69) is 15.6 Å². The van der Waals surface area contributed by atoms with Crippen molar-refractivity contribution in [2.75, 3.05) is 12.4 Å². The summed E-state index contributed by atoms with van der Waals surface area (Å²) in [7, 11) is 1.61. The third-order valence-electron chi connectivity index (χ3n) is 5.32. The Morgan fingerprint density at radius 3 is 2.50 bits per heavy atom. The van der Waals surface area contributed by atoms with Gasteiger partial charge in [0.15, 0.2) is 10.7 Å². The van der Waals surface area contributed by atoms with E-state index in [1.165, 1.54) is 0 Å². The lowest BCUT2D eigenvalue weighted by Crippen LogP contribution is -2.34. The molecule has 0 radical (unpaired) electrons. The number of rotatable bonds is 4. The van der Waals surface area contributed by atoms with Crippen LogP contribution in [0.2, 0.25) is 0 Å². The lowest BCUT2D eigenvalue weighted by Gasteiger charge is -2.13. The third-order valence-corrected chi connectivity index (χ3v) is 5.53. The Labute approximate surface area is 191 Å². The largest absolute Gasteiger partial charge is 0.497 e. The van der Waals surface area contributed by atoms with E-state index in [0.717, 1.165) is 27.9 Å². The lowest BCUT2D eigenvalue weighted by atomic mass is 10.1. The van der Waals surface area contributed by atoms with Gasteiger partial charge in [0.1, 0.15) is 11.3 Å². The van der Waals surface area contributed by atoms with E-state index in [9.17, 15) is 4.79 Å². The van der Waals surface area contributed by atoms with E-state index in [4.69, 9.17) is 21.4 Å². The topological polar surface area (TPSA) is 76.4 Å². The highest BCUT2D eigenvalue weighted by atomic mass is 32.1. The molecule has 162 valence electrons. The van der Waals surface area contributed by atoms with Crippen LogP contribution in [-0.2, 0) is 0 Å². The lowest BCUT2D eigenvalue weighted by molar-refractivity contribution is 0.0977. The molecule has 1 amide bonds. The van der Waals surface area contributed by atoms with Crippen LogP contribution in [0.4, 0.5) is 5.69 Å². The van der Waals surface area contributed by atoms with Crippen molar-refractivity contribution in [1.82, 2.24) is 10.3 Å². The molecule has 0 aliphatic carbocycles. The number of nitrogens with one attached hydrogen (secondary N) is 2. The first-order valence-corrected chi connectivity index (χ1v) is 10.5. The summed E-state index contributed by atoms with van der Waals surface area (Å²) in [4.78, 5) is 17.1. The van der Waals surface area contributed by atoms with Crippen LogP contribution < -0.4 is 15.4 Å². The molecule has 0 aliphatic rings. The molecule has 0 spiro atoms. The number of ether oxygens (including phenoxy) is 1. The number of fused-ring (bicyclic) bond motifs is 1. The van der Waals surface area contributed by atoms with Crippen LogP contribution in [0.3, 0.4) is 0 Å². The van der Waals surface area contributed by atoms with Crippen LogP contribution in [0.15, 0.2) is 59.0 Å². The van der Waals surface area contributed by atoms with Crippen molar-refractivity contribution in [3.63, 3.8) is 0 Å². The summed E-state index contributed by atoms with van der Waals surface area (Å²) in [5, 5.41) is 6.07. The van der Waals surface area contributed by atoms with Crippen molar-refractivity contribution in [2.45, 2.75) is 20.8 Å². The van der Waals surface area contributed by atoms with Gasteiger partial charge in [-0.2, -0.15) is 0 Å². The highest BCUT2D eigenvalue weighted by molar-refractivity contribution is 7.80. The summed E-state index contributed by atoms with van der Waals surface area (Å²) in [6.07, 6.45) is 0. The first-order chi connectivity index (χ1) is 15.3. The molecule has 0 unspecified atom stereocenters. The molecule has 4 rings (SSSR count). The van der Waals surface area contributed by atoms with E-state index in [1.807, 2.05) is 69.3 Å². The van der Waals surface area contributed by atoms with Crippen molar-refractivity contribution in [3.05, 3.63) is 76.9 Å². The van der Waals surface area contributed by atoms with E-state index in [-0.39, 0.29) is 11.0 Å². The number of anilines is 1. The monoisotopic (exact) mass is 445 g/mol. The van der Waals surface area contributed by atoms with E-state index < -0.39 is 0 Å². The van der Waals surface area contributed by atoms with Gasteiger partial charge in [0.2, 0.25) is 5.89 Å². The van der Waals surface area contributed by atoms with Gasteiger partial charge in [-0.05, 0) is 86.1 Å². The minimum atomic E-state index is -0.257. The van der Waals surface area contributed by atoms with Crippen LogP contribution in [-0.4, -0.2) is 23.1 Å². The summed E-state index contributed by atoms with van der Waals surface area (Å²) in [5.74, 6) is 0.946. The van der Waals surface area contributed by atoms with Crippen molar-refractivity contribution < 1.29 is 13.9 Å². The Balaban J connectivity index is 1.53. The maximum atomic E-state index is 12.6. The second kappa shape index (κ2) is 8.80. The number of oxazole rings is 1. The van der Waals surface area contributed by atoms with E-state index >= 15 is 0 Å². The van der Waals surface area contributed by atoms with Crippen LogP contribution in [0.5, 0.6) is 5.75 Å². The minimum absolute atomic E-state index is 0.218. The summed E-state index contributed by atoms with van der Waals surface area (Å²) < 4.78 is 11.2. The van der Waals surface area contributed by atoms with Crippen LogP contribution in [0, 0.1) is 20.8 Å². The fourth-order valence-corrected chi connectivity index (χ4v) is 3.46. The third kappa shape index (κ3) is 4.48. The molecule has 0 aliphatic heterocycles. The highest BCUT2D eigenvalue weighted by Crippen LogP contribution is 2.29. The van der Waals surface area contributed by atoms with Crippen LogP contribution >= 0.6 is 12.2 Å². The number of hydrogen-bond acceptors (Lipinski definition) is 5. The Bertz CT molecular complexity index is 1340. The molecule has 7 heteroatoms. The van der Waals surface area contributed by atoms with Gasteiger partial charge in [0, 0.05) is 22.9 Å². The Hall–Kier alpha value is -3.71. The normalized spacial score (nSPS) is 10.8. The molecule has 0 fully saturated rings. The molecular weight excluding hydrogens is 422 g/mol. The van der Waals surface area contributed by atoms with Crippen molar-refractivity contribution in [2.24, 2.45) is 0 Å². The molecule has 0 atom stereocenters. The molecule has 32 heavy (non-hydrogen) atoms. The van der Waals surface area contributed by atoms with Gasteiger partial charge in [-0.1, -0.05) is 12.1 Å². The van der Waals surface area contributed by atoms with E-state index in [0.29, 0.717) is 28.3 Å². The molecule has 0 bridgehead atoms. The second-order valence-corrected chi connectivity index (χ2v) is 8.00. The van der Waals surface area contributed by atoms with Gasteiger partial charge in [-0.15, -0.1) is 0 Å². The number of nitrogens with zero attached hydrogens (tertiary/aromatic N) is 1. The van der Waals surface area contributed by atoms with Crippen molar-refractivity contribution in [3.8, 4) is 17.2 Å². The summed E-state index contributed by atoms with van der Waals surface area (Å²) in [6.45, 7) is 5.93. The number of aryl methyl sites for hydroxylation is 3. The molecule has 4 aromatic rings. The van der Waals surface area contributed by atoms with Crippen molar-refractivity contribution in [1.29, 1.82) is 0 Å². The summed E-state index contributed by atoms with van der Waals surface area (Å²) in [5.41, 5.74) is 6.64. The first-order valence-electron chi connectivity index (χ1n) is 10.1. The van der Waals surface area contributed by atoms with Crippen LogP contribution in [0.25, 0.3) is 22.6 Å². The van der Waals surface area contributed by atoms with Gasteiger partial charge in [-0.25, -0.2) is 4.98 Å². The average molecular weight is 446 g/mol. The molecule has 3 aromatic carbocycles. The molecule has 0 saturated carbocycles. The maximum absolute atomic E-state index is 12.6. The average Bonchev–Trinajstić information content (AvgIpc) is 3.20. The Morgan fingerprint density at radius 2 is 1.75 bits per heavy atom. The molecule has 2 N–H and O–H groups in total. The smallest absolute Gasteiger partial charge is 0.257 e. The van der Waals surface area contributed by atoms with Crippen molar-refractivity contribution >= 4 is 40.0 Å². The fourth-order valence-electron chi connectivity index (χ4n) is 3.26. The molecule has 6 nitrogen and oxygen atoms in total. The second-order valence-electron chi connectivity index (χ2n) is 7.59. The number of amides is 1. The van der Waals surface area contributed by atoms with Gasteiger partial charge in [0.25, 0.3) is 5.91 Å². The van der Waals surface area contributed by atoms with Gasteiger partial charge in [-0.3, -0.25) is 10.1 Å². The predicted molar refractivity (Wildman–Crippen MR) is 130 cm³/mol. The Kier molecular flexibility index (Phi) is 5.92. The predicted octanol–water partition coefficient (Wildman–Crippen LogP) is 5.56. The van der Waals surface area contributed by atoms with Gasteiger partial charge < -0.3 is 14.5 Å². The maximum Gasteiger partial charge on any atom is 0.257 e. The molecule has 1 aromatic heterocycles. The zero-order valence-electron chi connectivity index (χ0n) is 18.3. The molecular formula is C25H23N3O3S. The zero-order chi connectivity index (χ0) is 22.8. The first kappa shape index (κ1) is 21.5. The standard InChI is InChI=1S/C25H23N3O3S/c1-14-5-7-17(11-16(14)3)23(29)28-25(32)27-20-12-18(8-6-15(20)2)24-26-21-13-19(30-4)9-10-22(21)31-24/h5-13H,1-4H3,(H2,27,28,29,32). The zero-order valence-corrected chi connectivity index (χ0v) is 19.1. The number of benzene rings is 3. The van der Waals surface area contributed by atoms with Gasteiger partial charge >= 0.3 is 0 Å². The fraction of sp³-hybridized carbons (Fsp3) is 0.160. The molecule has 1 heterocycles. The summed E-state index contributed by atoms with van der Waals surface area (Å²) in [6, 6.07) is 16.8. The van der Waals surface area contributed by atoms with E-state index in [1.54, 1.807) is 13.2 Å². The number of carbonyl (C=O) groups excluding carboxylic acids is 1. The highest BCUT2D eigenvalue weighted by Gasteiger charge is 2.13. The van der Waals surface area contributed by atoms with Crippen LogP contribution in [0.1, 0.15) is 27.0 Å². The number of methoxy groups -OCH3 is 1. The SMILES string of the molecule is COc1ccc2oc(-c3ccc(C)c(NC(=S)NC(=O)c4ccc(C)c(C)c4)c3)nc2c1. The quantitative estimate of drug-likeness (QED) is 0.401. The molecule has 0 saturated heterocycles. The minimum Gasteiger partial charge on any atom is -0.497 e. The van der Waals surface area contributed by atoms with Gasteiger partial charge in [0.05, 0.1) is 7.11 Å². The number of aromatic nitrogens is 1. The summed E-state index contributed by atoms with van der Waals surface area (Å²) >= 11 is 5.37. The number of thiocarbonyl (C=S) groups is 1. The number of hydrogen-bond donors (Lipinski definition) is 2. The Morgan fingerprint density at radius 1 is 0.969 bits per heavy atom. The number of carbonyl (C=O) groups is 1.